The van der Waals surface area contributed by atoms with Crippen LogP contribution < -0.4 is 5.32 Å². The molecule has 33 heavy (non-hydrogen) atoms. The maximum Gasteiger partial charge on any atom is 0.170 e. The lowest BCUT2D eigenvalue weighted by Crippen LogP contribution is -2.39. The zero-order valence-corrected chi connectivity index (χ0v) is 19.7. The predicted molar refractivity (Wildman–Crippen MR) is 132 cm³/mol. The van der Waals surface area contributed by atoms with E-state index in [4.69, 9.17) is 17.0 Å². The second-order valence-electron chi connectivity index (χ2n) is 8.62. The van der Waals surface area contributed by atoms with Gasteiger partial charge in [-0.3, -0.25) is 9.88 Å². The first-order valence-corrected chi connectivity index (χ1v) is 12.0. The van der Waals surface area contributed by atoms with Gasteiger partial charge in [-0.25, -0.2) is 4.98 Å². The molecule has 2 aliphatic heterocycles. The SMILES string of the molecule is Cc1ccc(-n2cccc2C2C(c3ccccn3)NC(=S)N2CCCN2CCOCC2)nc1. The fraction of sp³-hybridized carbons (Fsp3) is 0.400. The fourth-order valence-electron chi connectivity index (χ4n) is 4.70. The van der Waals surface area contributed by atoms with E-state index in [1.807, 2.05) is 24.5 Å². The molecule has 7 nitrogen and oxygen atoms in total. The van der Waals surface area contributed by atoms with Crippen molar-refractivity contribution in [1.29, 1.82) is 0 Å². The van der Waals surface area contributed by atoms with Crippen LogP contribution in [0.2, 0.25) is 0 Å². The summed E-state index contributed by atoms with van der Waals surface area (Å²) in [5, 5.41) is 4.34. The fourth-order valence-corrected chi connectivity index (χ4v) is 5.04. The van der Waals surface area contributed by atoms with Crippen LogP contribution in [0.25, 0.3) is 5.82 Å². The molecule has 0 spiro atoms. The number of ether oxygens (including phenoxy) is 1. The average molecular weight is 463 g/mol. The highest BCUT2D eigenvalue weighted by molar-refractivity contribution is 7.80. The number of morpholine rings is 1. The molecule has 5 rings (SSSR count). The van der Waals surface area contributed by atoms with Gasteiger partial charge in [0.25, 0.3) is 0 Å². The van der Waals surface area contributed by atoms with Crippen molar-refractivity contribution in [2.75, 3.05) is 39.4 Å². The molecule has 2 unspecified atom stereocenters. The third-order valence-electron chi connectivity index (χ3n) is 6.40. The summed E-state index contributed by atoms with van der Waals surface area (Å²) in [7, 11) is 0. The van der Waals surface area contributed by atoms with E-state index in [1.54, 1.807) is 0 Å². The molecule has 2 aliphatic rings. The quantitative estimate of drug-likeness (QED) is 0.541. The van der Waals surface area contributed by atoms with Crippen molar-refractivity contribution in [2.24, 2.45) is 0 Å². The third kappa shape index (κ3) is 4.78. The van der Waals surface area contributed by atoms with E-state index in [2.05, 4.69) is 73.1 Å². The van der Waals surface area contributed by atoms with E-state index >= 15 is 0 Å². The normalized spacial score (nSPS) is 21.4. The van der Waals surface area contributed by atoms with Gasteiger partial charge in [-0.2, -0.15) is 0 Å². The number of aryl methyl sites for hydroxylation is 1. The molecule has 0 saturated carbocycles. The third-order valence-corrected chi connectivity index (χ3v) is 6.75. The molecule has 0 radical (unpaired) electrons. The lowest BCUT2D eigenvalue weighted by molar-refractivity contribution is 0.0365. The second-order valence-corrected chi connectivity index (χ2v) is 9.01. The molecule has 8 heteroatoms. The zero-order chi connectivity index (χ0) is 22.6. The minimum absolute atomic E-state index is 0.0233. The number of hydrogen-bond acceptors (Lipinski definition) is 5. The predicted octanol–water partition coefficient (Wildman–Crippen LogP) is 3.27. The molecule has 1 N–H and O–H groups in total. The van der Waals surface area contributed by atoms with Crippen molar-refractivity contribution >= 4 is 17.3 Å². The maximum atomic E-state index is 5.84. The minimum atomic E-state index is -0.0267. The van der Waals surface area contributed by atoms with Crippen LogP contribution >= 0.6 is 12.2 Å². The molecule has 3 aromatic rings. The average Bonchev–Trinajstić information content (AvgIpc) is 3.45. The van der Waals surface area contributed by atoms with E-state index in [0.717, 1.165) is 73.7 Å². The van der Waals surface area contributed by atoms with Crippen molar-refractivity contribution in [3.8, 4) is 5.82 Å². The lowest BCUT2D eigenvalue weighted by Gasteiger charge is -2.30. The molecule has 0 aliphatic carbocycles. The van der Waals surface area contributed by atoms with Crippen molar-refractivity contribution in [2.45, 2.75) is 25.4 Å². The van der Waals surface area contributed by atoms with Crippen molar-refractivity contribution < 1.29 is 4.74 Å². The van der Waals surface area contributed by atoms with Gasteiger partial charge in [-0.15, -0.1) is 0 Å². The van der Waals surface area contributed by atoms with Crippen LogP contribution in [0.15, 0.2) is 61.1 Å². The molecule has 2 fully saturated rings. The van der Waals surface area contributed by atoms with Gasteiger partial charge in [0.05, 0.1) is 31.0 Å². The van der Waals surface area contributed by atoms with Gasteiger partial charge in [0.15, 0.2) is 5.11 Å². The Morgan fingerprint density at radius 3 is 2.70 bits per heavy atom. The molecule has 3 aromatic heterocycles. The van der Waals surface area contributed by atoms with Crippen LogP contribution in [0.5, 0.6) is 0 Å². The van der Waals surface area contributed by atoms with Crippen molar-refractivity contribution in [3.63, 3.8) is 0 Å². The van der Waals surface area contributed by atoms with E-state index in [0.29, 0.717) is 0 Å². The van der Waals surface area contributed by atoms with Gasteiger partial charge >= 0.3 is 0 Å². The van der Waals surface area contributed by atoms with Gasteiger partial charge in [0.1, 0.15) is 5.82 Å². The first-order valence-electron chi connectivity index (χ1n) is 11.6. The molecule has 0 amide bonds. The molecule has 5 heterocycles. The summed E-state index contributed by atoms with van der Waals surface area (Å²) in [5.41, 5.74) is 3.29. The minimum Gasteiger partial charge on any atom is -0.379 e. The second kappa shape index (κ2) is 9.99. The van der Waals surface area contributed by atoms with Crippen LogP contribution in [0.3, 0.4) is 0 Å². The number of thiocarbonyl (C=S) groups is 1. The van der Waals surface area contributed by atoms with Crippen LogP contribution in [-0.4, -0.2) is 68.8 Å². The van der Waals surface area contributed by atoms with Crippen molar-refractivity contribution in [3.05, 3.63) is 78.0 Å². The number of rotatable bonds is 7. The summed E-state index contributed by atoms with van der Waals surface area (Å²) in [6.07, 6.45) is 6.87. The highest BCUT2D eigenvalue weighted by atomic mass is 32.1. The van der Waals surface area contributed by atoms with Gasteiger partial charge in [0, 0.05) is 50.5 Å². The summed E-state index contributed by atoms with van der Waals surface area (Å²) in [6.45, 7) is 7.64. The van der Waals surface area contributed by atoms with Gasteiger partial charge in [-0.05, 0) is 61.5 Å². The Hall–Kier alpha value is -2.81. The Morgan fingerprint density at radius 1 is 1.06 bits per heavy atom. The standard InChI is InChI=1S/C25H30N6OS/c1-19-8-9-22(27-18-19)30-12-4-7-21(30)24-23(20-6-2-3-10-26-20)28-25(33)31(24)13-5-11-29-14-16-32-17-15-29/h2-4,6-10,12,18,23-24H,5,11,13-17H2,1H3,(H,28,33). The van der Waals surface area contributed by atoms with E-state index < -0.39 is 0 Å². The van der Waals surface area contributed by atoms with Crippen LogP contribution in [0.1, 0.15) is 35.5 Å². The monoisotopic (exact) mass is 462 g/mol. The summed E-state index contributed by atoms with van der Waals surface area (Å²) in [4.78, 5) is 14.1. The molecule has 0 bridgehead atoms. The van der Waals surface area contributed by atoms with Gasteiger partial charge in [-0.1, -0.05) is 12.1 Å². The molecule has 2 saturated heterocycles. The molecule has 0 aromatic carbocycles. The summed E-state index contributed by atoms with van der Waals surface area (Å²) >= 11 is 5.84. The number of hydrogen-bond donors (Lipinski definition) is 1. The number of pyridine rings is 2. The highest BCUT2D eigenvalue weighted by Gasteiger charge is 2.41. The van der Waals surface area contributed by atoms with Crippen LogP contribution in [0, 0.1) is 6.92 Å². The smallest absolute Gasteiger partial charge is 0.170 e. The summed E-state index contributed by atoms with van der Waals surface area (Å²) < 4.78 is 7.66. The topological polar surface area (TPSA) is 58.5 Å². The van der Waals surface area contributed by atoms with E-state index in [9.17, 15) is 0 Å². The van der Waals surface area contributed by atoms with Crippen LogP contribution in [-0.2, 0) is 4.74 Å². The van der Waals surface area contributed by atoms with E-state index in [1.165, 1.54) is 0 Å². The Bertz CT molecular complexity index is 1060. The van der Waals surface area contributed by atoms with E-state index in [-0.39, 0.29) is 12.1 Å². The number of aromatic nitrogens is 3. The summed E-state index contributed by atoms with van der Waals surface area (Å²) in [5.74, 6) is 0.909. The Kier molecular flexibility index (Phi) is 6.66. The van der Waals surface area contributed by atoms with Crippen LogP contribution in [0.4, 0.5) is 0 Å². The molecule has 2 atom stereocenters. The first-order chi connectivity index (χ1) is 16.2. The Balaban J connectivity index is 1.44. The zero-order valence-electron chi connectivity index (χ0n) is 18.9. The molecule has 172 valence electrons. The molecular formula is C25H30N6OS. The maximum absolute atomic E-state index is 5.84. The lowest BCUT2D eigenvalue weighted by atomic mass is 10.0. The largest absolute Gasteiger partial charge is 0.379 e. The first kappa shape index (κ1) is 22.0. The Morgan fingerprint density at radius 2 is 1.94 bits per heavy atom. The van der Waals surface area contributed by atoms with Gasteiger partial charge in [0.2, 0.25) is 0 Å². The van der Waals surface area contributed by atoms with Crippen molar-refractivity contribution in [1.82, 2.24) is 29.7 Å². The summed E-state index contributed by atoms with van der Waals surface area (Å²) in [6, 6.07) is 14.5. The highest BCUT2D eigenvalue weighted by Crippen LogP contribution is 2.39. The van der Waals surface area contributed by atoms with Gasteiger partial charge < -0.3 is 19.5 Å². The molecular weight excluding hydrogens is 432 g/mol. The Labute approximate surface area is 200 Å². The number of nitrogens with one attached hydrogen (secondary N) is 1. The number of nitrogens with zero attached hydrogens (tertiary/aromatic N) is 5.